The summed E-state index contributed by atoms with van der Waals surface area (Å²) in [5.74, 6) is 1.31. The number of hydrazone groups is 1. The molecule has 0 aliphatic heterocycles. The van der Waals surface area contributed by atoms with Gasteiger partial charge in [0.05, 0.1) is 30.9 Å². The molecule has 0 aromatic heterocycles. The molecular formula is C19H24N2O5S. The van der Waals surface area contributed by atoms with E-state index in [0.29, 0.717) is 30.4 Å². The van der Waals surface area contributed by atoms with E-state index >= 15 is 0 Å². The van der Waals surface area contributed by atoms with Crippen LogP contribution in [0.15, 0.2) is 52.5 Å². The second-order valence-corrected chi connectivity index (χ2v) is 7.32. The first-order chi connectivity index (χ1) is 12.9. The van der Waals surface area contributed by atoms with Crippen molar-refractivity contribution in [2.24, 2.45) is 5.10 Å². The average molecular weight is 392 g/mol. The Bertz CT molecular complexity index is 893. The number of nitrogens with one attached hydrogen (secondary N) is 1. The minimum atomic E-state index is -3.77. The van der Waals surface area contributed by atoms with Crippen molar-refractivity contribution in [3.8, 4) is 11.5 Å². The molecule has 2 aromatic rings. The lowest BCUT2D eigenvalue weighted by Crippen LogP contribution is -2.20. The van der Waals surface area contributed by atoms with Gasteiger partial charge in [-0.3, -0.25) is 0 Å². The monoisotopic (exact) mass is 392 g/mol. The lowest BCUT2D eigenvalue weighted by molar-refractivity contribution is 0.181. The third-order valence-electron chi connectivity index (χ3n) is 3.78. The molecule has 7 nitrogen and oxygen atoms in total. The maximum Gasteiger partial charge on any atom is 0.276 e. The first-order valence-electron chi connectivity index (χ1n) is 8.36. The van der Waals surface area contributed by atoms with Crippen molar-refractivity contribution in [2.45, 2.75) is 25.3 Å². The highest BCUT2D eigenvalue weighted by Crippen LogP contribution is 2.21. The third kappa shape index (κ3) is 5.45. The molecule has 27 heavy (non-hydrogen) atoms. The van der Waals surface area contributed by atoms with Crippen LogP contribution in [0, 0.1) is 0 Å². The SMILES string of the molecule is CCOc1ccc(S(=O)(=O)N/N=C(/C)c2ccc(OC)c(COC)c2)cc1. The summed E-state index contributed by atoms with van der Waals surface area (Å²) in [4.78, 5) is 2.37. The number of sulfonamides is 1. The Kier molecular flexibility index (Phi) is 7.20. The normalized spacial score (nSPS) is 11.9. The van der Waals surface area contributed by atoms with E-state index in [0.717, 1.165) is 11.1 Å². The van der Waals surface area contributed by atoms with E-state index < -0.39 is 10.0 Å². The van der Waals surface area contributed by atoms with Crippen molar-refractivity contribution >= 4 is 15.7 Å². The zero-order chi connectivity index (χ0) is 19.9. The van der Waals surface area contributed by atoms with Gasteiger partial charge in [-0.2, -0.15) is 18.4 Å². The average Bonchev–Trinajstić information content (AvgIpc) is 2.67. The van der Waals surface area contributed by atoms with Crippen molar-refractivity contribution in [1.29, 1.82) is 0 Å². The minimum absolute atomic E-state index is 0.109. The number of hydrogen-bond donors (Lipinski definition) is 1. The van der Waals surface area contributed by atoms with Crippen molar-refractivity contribution in [2.75, 3.05) is 20.8 Å². The molecule has 0 radical (unpaired) electrons. The summed E-state index contributed by atoms with van der Waals surface area (Å²) in [6, 6.07) is 11.6. The van der Waals surface area contributed by atoms with Crippen molar-refractivity contribution in [3.63, 3.8) is 0 Å². The Labute approximate surface area is 160 Å². The minimum Gasteiger partial charge on any atom is -0.496 e. The maximum absolute atomic E-state index is 12.4. The molecular weight excluding hydrogens is 368 g/mol. The quantitative estimate of drug-likeness (QED) is 0.524. The molecule has 0 saturated carbocycles. The lowest BCUT2D eigenvalue weighted by atomic mass is 10.1. The second-order valence-electron chi connectivity index (χ2n) is 5.66. The zero-order valence-electron chi connectivity index (χ0n) is 15.9. The molecule has 0 aliphatic rings. The van der Waals surface area contributed by atoms with Crippen molar-refractivity contribution < 1.29 is 22.6 Å². The molecule has 0 aliphatic carbocycles. The molecule has 0 amide bonds. The van der Waals surface area contributed by atoms with Crippen LogP contribution < -0.4 is 14.3 Å². The van der Waals surface area contributed by atoms with Crippen LogP contribution in [0.4, 0.5) is 0 Å². The van der Waals surface area contributed by atoms with Crippen LogP contribution in [-0.2, 0) is 21.4 Å². The van der Waals surface area contributed by atoms with E-state index in [4.69, 9.17) is 14.2 Å². The van der Waals surface area contributed by atoms with Gasteiger partial charge < -0.3 is 14.2 Å². The molecule has 0 atom stereocenters. The first-order valence-corrected chi connectivity index (χ1v) is 9.84. The predicted octanol–water partition coefficient (Wildman–Crippen LogP) is 2.94. The van der Waals surface area contributed by atoms with Gasteiger partial charge in [0.15, 0.2) is 0 Å². The van der Waals surface area contributed by atoms with Crippen LogP contribution in [0.25, 0.3) is 0 Å². The smallest absolute Gasteiger partial charge is 0.276 e. The van der Waals surface area contributed by atoms with Crippen LogP contribution >= 0.6 is 0 Å². The largest absolute Gasteiger partial charge is 0.496 e. The molecule has 0 unspecified atom stereocenters. The van der Waals surface area contributed by atoms with Crippen molar-refractivity contribution in [1.82, 2.24) is 4.83 Å². The van der Waals surface area contributed by atoms with E-state index in [1.165, 1.54) is 12.1 Å². The summed E-state index contributed by atoms with van der Waals surface area (Å²) in [7, 11) is -0.592. The van der Waals surface area contributed by atoms with E-state index in [-0.39, 0.29) is 4.90 Å². The van der Waals surface area contributed by atoms with Gasteiger partial charge in [0, 0.05) is 12.7 Å². The molecule has 2 rings (SSSR count). The Balaban J connectivity index is 2.19. The Morgan fingerprint density at radius 1 is 1.11 bits per heavy atom. The van der Waals surface area contributed by atoms with Gasteiger partial charge >= 0.3 is 0 Å². The number of hydrogen-bond acceptors (Lipinski definition) is 6. The van der Waals surface area contributed by atoms with Gasteiger partial charge in [0.2, 0.25) is 0 Å². The standard InChI is InChI=1S/C19H24N2O5S/c1-5-26-17-7-9-18(10-8-17)27(22,23)21-20-14(2)15-6-11-19(25-4)16(12-15)13-24-3/h6-12,21H,5,13H2,1-4H3/b20-14-. The molecule has 8 heteroatoms. The van der Waals surface area contributed by atoms with Crippen LogP contribution in [0.3, 0.4) is 0 Å². The third-order valence-corrected chi connectivity index (χ3v) is 5.00. The van der Waals surface area contributed by atoms with Crippen molar-refractivity contribution in [3.05, 3.63) is 53.6 Å². The number of rotatable bonds is 9. The maximum atomic E-state index is 12.4. The van der Waals surface area contributed by atoms with Gasteiger partial charge in [0.1, 0.15) is 11.5 Å². The highest BCUT2D eigenvalue weighted by molar-refractivity contribution is 7.89. The van der Waals surface area contributed by atoms with Gasteiger partial charge in [-0.1, -0.05) is 0 Å². The fraction of sp³-hybridized carbons (Fsp3) is 0.316. The van der Waals surface area contributed by atoms with Gasteiger partial charge in [-0.25, -0.2) is 0 Å². The number of benzene rings is 2. The lowest BCUT2D eigenvalue weighted by Gasteiger charge is -2.11. The highest BCUT2D eigenvalue weighted by Gasteiger charge is 2.14. The number of ether oxygens (including phenoxy) is 3. The zero-order valence-corrected chi connectivity index (χ0v) is 16.7. The van der Waals surface area contributed by atoms with Gasteiger partial charge in [-0.05, 0) is 61.9 Å². The van der Waals surface area contributed by atoms with E-state index in [1.54, 1.807) is 39.3 Å². The topological polar surface area (TPSA) is 86.2 Å². The summed E-state index contributed by atoms with van der Waals surface area (Å²) in [6.45, 7) is 4.48. The molecule has 1 N–H and O–H groups in total. The number of nitrogens with zero attached hydrogens (tertiary/aromatic N) is 1. The molecule has 0 bridgehead atoms. The molecule has 0 saturated heterocycles. The van der Waals surface area contributed by atoms with E-state index in [9.17, 15) is 8.42 Å². The van der Waals surface area contributed by atoms with Gasteiger partial charge in [-0.15, -0.1) is 0 Å². The van der Waals surface area contributed by atoms with Gasteiger partial charge in [0.25, 0.3) is 10.0 Å². The molecule has 0 heterocycles. The Morgan fingerprint density at radius 3 is 2.41 bits per heavy atom. The predicted molar refractivity (Wildman–Crippen MR) is 104 cm³/mol. The summed E-state index contributed by atoms with van der Waals surface area (Å²) < 4.78 is 40.6. The van der Waals surface area contributed by atoms with Crippen LogP contribution in [0.5, 0.6) is 11.5 Å². The summed E-state index contributed by atoms with van der Waals surface area (Å²) in [5, 5.41) is 4.02. The summed E-state index contributed by atoms with van der Waals surface area (Å²) >= 11 is 0. The van der Waals surface area contributed by atoms with Crippen LogP contribution in [0.1, 0.15) is 25.0 Å². The molecule has 2 aromatic carbocycles. The second kappa shape index (κ2) is 9.38. The van der Waals surface area contributed by atoms with E-state index in [2.05, 4.69) is 9.93 Å². The highest BCUT2D eigenvalue weighted by atomic mass is 32.2. The summed E-state index contributed by atoms with van der Waals surface area (Å²) in [5.41, 5.74) is 2.13. The number of methoxy groups -OCH3 is 2. The molecule has 0 spiro atoms. The summed E-state index contributed by atoms with van der Waals surface area (Å²) in [6.07, 6.45) is 0. The Morgan fingerprint density at radius 2 is 1.81 bits per heavy atom. The molecule has 0 fully saturated rings. The van der Waals surface area contributed by atoms with Crippen LogP contribution in [0.2, 0.25) is 0 Å². The Hall–Kier alpha value is -2.58. The fourth-order valence-corrected chi connectivity index (χ4v) is 3.26. The van der Waals surface area contributed by atoms with E-state index in [1.807, 2.05) is 19.1 Å². The van der Waals surface area contributed by atoms with Crippen LogP contribution in [-0.4, -0.2) is 35.0 Å². The molecule has 146 valence electrons. The first kappa shape index (κ1) is 20.7. The fourth-order valence-electron chi connectivity index (χ4n) is 2.40.